The van der Waals surface area contributed by atoms with Crippen LogP contribution >= 0.6 is 0 Å². The number of hydrogen-bond donors (Lipinski definition) is 3. The third-order valence-electron chi connectivity index (χ3n) is 5.88. The molecule has 1 unspecified atom stereocenters. The Balaban J connectivity index is 1.49. The average molecular weight is 510 g/mol. The molecular weight excluding hydrogens is 482 g/mol. The molecule has 192 valence electrons. The molecule has 0 bridgehead atoms. The van der Waals surface area contributed by atoms with Gasteiger partial charge < -0.3 is 16.4 Å². The van der Waals surface area contributed by atoms with Gasteiger partial charge in [-0.2, -0.15) is 5.10 Å². The van der Waals surface area contributed by atoms with Crippen LogP contribution in [0.2, 0.25) is 0 Å². The Labute approximate surface area is 219 Å². The molecule has 0 aliphatic rings. The molecule has 9 nitrogen and oxygen atoms in total. The Morgan fingerprint density at radius 3 is 2.11 bits per heavy atom. The monoisotopic (exact) mass is 509 g/mol. The smallest absolute Gasteiger partial charge is 0.287 e. The summed E-state index contributed by atoms with van der Waals surface area (Å²) in [4.78, 5) is 49.6. The largest absolute Gasteiger partial charge is 0.363 e. The minimum Gasteiger partial charge on any atom is -0.363 e. The standard InChI is InChI=1S/C29H27N5O4/c1-19-16-25(29(38)32-24(26(35)27(30)36)17-20-8-4-2-5-9-20)34(33-19)23-14-12-21(13-15-23)18-31-28(37)22-10-6-3-7-11-22/h2-16,24H,17-18H2,1H3,(H2,30,36)(H,31,37)(H,32,38). The van der Waals surface area contributed by atoms with Gasteiger partial charge in [-0.3, -0.25) is 19.2 Å². The number of nitrogens with two attached hydrogens (primary N) is 1. The second-order valence-electron chi connectivity index (χ2n) is 8.74. The highest BCUT2D eigenvalue weighted by atomic mass is 16.2. The lowest BCUT2D eigenvalue weighted by Gasteiger charge is -2.17. The molecule has 0 radical (unpaired) electrons. The van der Waals surface area contributed by atoms with Crippen LogP contribution in [-0.2, 0) is 22.6 Å². The first-order valence-electron chi connectivity index (χ1n) is 12.0. The van der Waals surface area contributed by atoms with E-state index in [0.29, 0.717) is 23.5 Å². The number of carbonyl (C=O) groups excluding carboxylic acids is 4. The number of Topliss-reactive ketones (excluding diaryl/α,β-unsaturated/α-hetero) is 1. The predicted molar refractivity (Wildman–Crippen MR) is 142 cm³/mol. The van der Waals surface area contributed by atoms with Crippen molar-refractivity contribution in [3.05, 3.63) is 119 Å². The van der Waals surface area contributed by atoms with E-state index in [9.17, 15) is 19.2 Å². The number of carbonyl (C=O) groups is 4. The summed E-state index contributed by atoms with van der Waals surface area (Å²) < 4.78 is 1.46. The zero-order valence-corrected chi connectivity index (χ0v) is 20.8. The fourth-order valence-corrected chi connectivity index (χ4v) is 3.95. The summed E-state index contributed by atoms with van der Waals surface area (Å²) >= 11 is 0. The van der Waals surface area contributed by atoms with Crippen LogP contribution in [0.1, 0.15) is 37.7 Å². The van der Waals surface area contributed by atoms with Crippen LogP contribution in [0.3, 0.4) is 0 Å². The lowest BCUT2D eigenvalue weighted by atomic mass is 10.0. The fourth-order valence-electron chi connectivity index (χ4n) is 3.95. The van der Waals surface area contributed by atoms with Gasteiger partial charge in [0, 0.05) is 18.5 Å². The molecule has 0 aliphatic carbocycles. The molecule has 0 saturated carbocycles. The second-order valence-corrected chi connectivity index (χ2v) is 8.74. The Hall–Kier alpha value is -5.05. The molecule has 38 heavy (non-hydrogen) atoms. The van der Waals surface area contributed by atoms with Crippen molar-refractivity contribution in [3.8, 4) is 5.69 Å². The number of nitrogens with one attached hydrogen (secondary N) is 2. The number of primary amides is 1. The summed E-state index contributed by atoms with van der Waals surface area (Å²) in [5.74, 6) is -2.75. The van der Waals surface area contributed by atoms with E-state index < -0.39 is 23.6 Å². The summed E-state index contributed by atoms with van der Waals surface area (Å²) in [6, 6.07) is 25.7. The Morgan fingerprint density at radius 2 is 1.47 bits per heavy atom. The van der Waals surface area contributed by atoms with Gasteiger partial charge in [0.15, 0.2) is 0 Å². The topological polar surface area (TPSA) is 136 Å². The highest BCUT2D eigenvalue weighted by Gasteiger charge is 2.27. The molecule has 1 aromatic heterocycles. The Bertz CT molecular complexity index is 1450. The molecule has 0 spiro atoms. The molecule has 3 aromatic carbocycles. The third-order valence-corrected chi connectivity index (χ3v) is 5.88. The summed E-state index contributed by atoms with van der Waals surface area (Å²) in [6.07, 6.45) is 0.116. The third kappa shape index (κ3) is 6.38. The minimum atomic E-state index is -1.12. The highest BCUT2D eigenvalue weighted by Crippen LogP contribution is 2.15. The van der Waals surface area contributed by atoms with Crippen molar-refractivity contribution in [3.63, 3.8) is 0 Å². The van der Waals surface area contributed by atoms with Gasteiger partial charge in [-0.25, -0.2) is 4.68 Å². The fraction of sp³-hybridized carbons (Fsp3) is 0.138. The minimum absolute atomic E-state index is 0.116. The van der Waals surface area contributed by atoms with Crippen LogP contribution in [0.25, 0.3) is 5.69 Å². The molecule has 4 rings (SSSR count). The molecule has 4 N–H and O–H groups in total. The Morgan fingerprint density at radius 1 is 0.842 bits per heavy atom. The molecule has 1 heterocycles. The SMILES string of the molecule is Cc1cc(C(=O)NC(Cc2ccccc2)C(=O)C(N)=O)n(-c2ccc(CNC(=O)c3ccccc3)cc2)n1. The average Bonchev–Trinajstić information content (AvgIpc) is 3.34. The van der Waals surface area contributed by atoms with E-state index in [0.717, 1.165) is 11.1 Å². The zero-order chi connectivity index (χ0) is 27.1. The Kier molecular flexibility index (Phi) is 8.07. The van der Waals surface area contributed by atoms with E-state index in [1.54, 1.807) is 73.7 Å². The van der Waals surface area contributed by atoms with Gasteiger partial charge in [0.1, 0.15) is 11.7 Å². The number of amides is 3. The number of nitrogens with zero attached hydrogens (tertiary/aromatic N) is 2. The maximum absolute atomic E-state index is 13.2. The highest BCUT2D eigenvalue weighted by molar-refractivity contribution is 6.38. The van der Waals surface area contributed by atoms with E-state index in [1.165, 1.54) is 4.68 Å². The number of hydrogen-bond acceptors (Lipinski definition) is 5. The summed E-state index contributed by atoms with van der Waals surface area (Å²) in [6.45, 7) is 2.08. The predicted octanol–water partition coefficient (Wildman–Crippen LogP) is 2.51. The van der Waals surface area contributed by atoms with Crippen LogP contribution in [0.5, 0.6) is 0 Å². The second kappa shape index (κ2) is 11.8. The van der Waals surface area contributed by atoms with Crippen LogP contribution in [0.15, 0.2) is 91.0 Å². The number of aromatic nitrogens is 2. The molecular formula is C29H27N5O4. The molecule has 0 fully saturated rings. The molecule has 0 aliphatic heterocycles. The maximum Gasteiger partial charge on any atom is 0.287 e. The van der Waals surface area contributed by atoms with Gasteiger partial charge in [-0.15, -0.1) is 0 Å². The molecule has 3 amide bonds. The van der Waals surface area contributed by atoms with Crippen molar-refractivity contribution >= 4 is 23.5 Å². The van der Waals surface area contributed by atoms with Gasteiger partial charge in [0.25, 0.3) is 17.7 Å². The molecule has 0 saturated heterocycles. The van der Waals surface area contributed by atoms with E-state index in [4.69, 9.17) is 5.73 Å². The maximum atomic E-state index is 13.2. The number of rotatable bonds is 10. The zero-order valence-electron chi connectivity index (χ0n) is 20.8. The number of ketones is 1. The lowest BCUT2D eigenvalue weighted by Crippen LogP contribution is -2.47. The lowest BCUT2D eigenvalue weighted by molar-refractivity contribution is -0.137. The van der Waals surface area contributed by atoms with Crippen molar-refractivity contribution in [2.24, 2.45) is 5.73 Å². The normalized spacial score (nSPS) is 11.4. The van der Waals surface area contributed by atoms with Crippen LogP contribution in [0, 0.1) is 6.92 Å². The van der Waals surface area contributed by atoms with Gasteiger partial charge in [-0.1, -0.05) is 60.7 Å². The van der Waals surface area contributed by atoms with Crippen molar-refractivity contribution in [2.75, 3.05) is 0 Å². The van der Waals surface area contributed by atoms with E-state index in [-0.39, 0.29) is 18.0 Å². The van der Waals surface area contributed by atoms with E-state index in [2.05, 4.69) is 15.7 Å². The molecule has 9 heteroatoms. The first-order chi connectivity index (χ1) is 18.3. The quantitative estimate of drug-likeness (QED) is 0.282. The van der Waals surface area contributed by atoms with Crippen LogP contribution in [0.4, 0.5) is 0 Å². The number of benzene rings is 3. The first-order valence-corrected chi connectivity index (χ1v) is 12.0. The number of aryl methyl sites for hydroxylation is 1. The van der Waals surface area contributed by atoms with Crippen molar-refractivity contribution < 1.29 is 19.2 Å². The van der Waals surface area contributed by atoms with Gasteiger partial charge in [0.05, 0.1) is 11.4 Å². The van der Waals surface area contributed by atoms with Gasteiger partial charge >= 0.3 is 0 Å². The first kappa shape index (κ1) is 26.0. The van der Waals surface area contributed by atoms with E-state index in [1.807, 2.05) is 24.3 Å². The van der Waals surface area contributed by atoms with Crippen LogP contribution in [-0.4, -0.2) is 39.3 Å². The van der Waals surface area contributed by atoms with Gasteiger partial charge in [0.2, 0.25) is 5.78 Å². The van der Waals surface area contributed by atoms with Crippen molar-refractivity contribution in [1.82, 2.24) is 20.4 Å². The van der Waals surface area contributed by atoms with E-state index >= 15 is 0 Å². The van der Waals surface area contributed by atoms with Gasteiger partial charge in [-0.05, 0) is 48.4 Å². The van der Waals surface area contributed by atoms with Crippen molar-refractivity contribution in [2.45, 2.75) is 25.9 Å². The molecule has 4 aromatic rings. The summed E-state index contributed by atoms with van der Waals surface area (Å²) in [5.41, 5.74) is 8.85. The molecule has 1 atom stereocenters. The van der Waals surface area contributed by atoms with Crippen molar-refractivity contribution in [1.29, 1.82) is 0 Å². The summed E-state index contributed by atoms with van der Waals surface area (Å²) in [5, 5.41) is 9.95. The van der Waals surface area contributed by atoms with Crippen LogP contribution < -0.4 is 16.4 Å². The summed E-state index contributed by atoms with van der Waals surface area (Å²) in [7, 11) is 0.